The van der Waals surface area contributed by atoms with E-state index in [1.165, 1.54) is 24.8 Å². The summed E-state index contributed by atoms with van der Waals surface area (Å²) in [5, 5.41) is 13.5. The van der Waals surface area contributed by atoms with Gasteiger partial charge in [-0.05, 0) is 37.2 Å². The van der Waals surface area contributed by atoms with Gasteiger partial charge in [0.25, 0.3) is 0 Å². The lowest BCUT2D eigenvalue weighted by molar-refractivity contribution is -0.0313. The molecule has 0 aliphatic heterocycles. The maximum atomic E-state index is 10.1. The summed E-state index contributed by atoms with van der Waals surface area (Å²) in [6, 6.07) is 10.7. The number of hydrogen-bond acceptors (Lipinski definition) is 2. The first-order valence-electron chi connectivity index (χ1n) is 7.21. The Morgan fingerprint density at radius 2 is 2.00 bits per heavy atom. The van der Waals surface area contributed by atoms with E-state index in [1.807, 2.05) is 0 Å². The number of rotatable bonds is 7. The van der Waals surface area contributed by atoms with E-state index in [0.717, 1.165) is 25.9 Å². The van der Waals surface area contributed by atoms with Crippen molar-refractivity contribution in [2.24, 2.45) is 0 Å². The van der Waals surface area contributed by atoms with Crippen molar-refractivity contribution < 1.29 is 5.11 Å². The third-order valence-corrected chi connectivity index (χ3v) is 4.04. The molecule has 0 amide bonds. The fourth-order valence-electron chi connectivity index (χ4n) is 2.70. The van der Waals surface area contributed by atoms with Crippen LogP contribution in [-0.4, -0.2) is 23.8 Å². The molecule has 100 valence electrons. The highest BCUT2D eigenvalue weighted by Gasteiger charge is 2.33. The first kappa shape index (κ1) is 13.6. The van der Waals surface area contributed by atoms with Crippen LogP contribution in [0.5, 0.6) is 0 Å². The summed E-state index contributed by atoms with van der Waals surface area (Å²) in [7, 11) is 0. The Labute approximate surface area is 110 Å². The van der Waals surface area contributed by atoms with Gasteiger partial charge in [0.2, 0.25) is 0 Å². The summed E-state index contributed by atoms with van der Waals surface area (Å²) in [5.74, 6) is 0.569. The van der Waals surface area contributed by atoms with Gasteiger partial charge in [-0.15, -0.1) is 0 Å². The molecule has 0 heterocycles. The molecule has 0 bridgehead atoms. The molecule has 2 N–H and O–H groups in total. The zero-order valence-electron chi connectivity index (χ0n) is 11.4. The maximum absolute atomic E-state index is 10.1. The summed E-state index contributed by atoms with van der Waals surface area (Å²) in [5.41, 5.74) is 1.00. The number of hydrogen-bond donors (Lipinski definition) is 2. The van der Waals surface area contributed by atoms with Crippen molar-refractivity contribution in [3.63, 3.8) is 0 Å². The van der Waals surface area contributed by atoms with Crippen LogP contribution in [0, 0.1) is 0 Å². The highest BCUT2D eigenvalue weighted by molar-refractivity contribution is 5.19. The molecule has 1 aliphatic rings. The van der Waals surface area contributed by atoms with Gasteiger partial charge in [-0.2, -0.15) is 0 Å². The van der Waals surface area contributed by atoms with Crippen molar-refractivity contribution in [1.82, 2.24) is 5.32 Å². The van der Waals surface area contributed by atoms with Crippen LogP contribution in [0.15, 0.2) is 30.3 Å². The van der Waals surface area contributed by atoms with Crippen LogP contribution < -0.4 is 5.32 Å². The van der Waals surface area contributed by atoms with Crippen LogP contribution in [0.4, 0.5) is 0 Å². The Balaban J connectivity index is 1.83. The molecular weight excluding hydrogens is 222 g/mol. The summed E-state index contributed by atoms with van der Waals surface area (Å²) >= 11 is 0. The molecule has 2 heteroatoms. The van der Waals surface area contributed by atoms with Gasteiger partial charge in [0.05, 0.1) is 5.60 Å². The van der Waals surface area contributed by atoms with Gasteiger partial charge in [-0.1, -0.05) is 43.7 Å². The van der Waals surface area contributed by atoms with Crippen LogP contribution in [0.1, 0.15) is 50.5 Å². The van der Waals surface area contributed by atoms with E-state index in [2.05, 4.69) is 42.6 Å². The molecule has 1 unspecified atom stereocenters. The smallest absolute Gasteiger partial charge is 0.0771 e. The fraction of sp³-hybridized carbons (Fsp3) is 0.625. The normalized spacial score (nSPS) is 19.2. The van der Waals surface area contributed by atoms with Crippen molar-refractivity contribution >= 4 is 0 Å². The molecule has 0 spiro atoms. The van der Waals surface area contributed by atoms with Crippen LogP contribution >= 0.6 is 0 Å². The van der Waals surface area contributed by atoms with Crippen molar-refractivity contribution in [2.45, 2.75) is 50.5 Å². The summed E-state index contributed by atoms with van der Waals surface area (Å²) < 4.78 is 0. The summed E-state index contributed by atoms with van der Waals surface area (Å²) in [6.45, 7) is 3.95. The second-order valence-electron chi connectivity index (χ2n) is 5.61. The van der Waals surface area contributed by atoms with Crippen molar-refractivity contribution in [3.05, 3.63) is 35.9 Å². The van der Waals surface area contributed by atoms with Gasteiger partial charge in [0.15, 0.2) is 0 Å². The van der Waals surface area contributed by atoms with E-state index >= 15 is 0 Å². The molecule has 1 atom stereocenters. The van der Waals surface area contributed by atoms with Crippen LogP contribution in [0.3, 0.4) is 0 Å². The molecule has 2 nitrogen and oxygen atoms in total. The van der Waals surface area contributed by atoms with Gasteiger partial charge in [0, 0.05) is 13.1 Å². The van der Waals surface area contributed by atoms with E-state index in [4.69, 9.17) is 0 Å². The average Bonchev–Trinajstić information content (AvgIpc) is 2.37. The minimum atomic E-state index is -0.409. The Morgan fingerprint density at radius 3 is 2.56 bits per heavy atom. The quantitative estimate of drug-likeness (QED) is 0.776. The topological polar surface area (TPSA) is 32.3 Å². The molecule has 0 aromatic heterocycles. The molecule has 1 aromatic carbocycles. The van der Waals surface area contributed by atoms with Gasteiger partial charge in [0.1, 0.15) is 0 Å². The van der Waals surface area contributed by atoms with Crippen LogP contribution in [0.25, 0.3) is 0 Å². The molecule has 18 heavy (non-hydrogen) atoms. The van der Waals surface area contributed by atoms with E-state index in [0.29, 0.717) is 5.92 Å². The third kappa shape index (κ3) is 3.56. The maximum Gasteiger partial charge on any atom is 0.0771 e. The highest BCUT2D eigenvalue weighted by atomic mass is 16.3. The molecule has 1 aromatic rings. The zero-order valence-corrected chi connectivity index (χ0v) is 11.4. The molecule has 1 aliphatic carbocycles. The standard InChI is InChI=1S/C16H25NO/c1-2-7-15(14-8-4-3-5-9-14)12-17-13-16(18)10-6-11-16/h3-5,8-9,15,17-18H,2,6-7,10-13H2,1H3. The minimum Gasteiger partial charge on any atom is -0.389 e. The van der Waals surface area contributed by atoms with E-state index in [1.54, 1.807) is 0 Å². The number of aliphatic hydroxyl groups is 1. The summed E-state index contributed by atoms with van der Waals surface area (Å²) in [6.07, 6.45) is 5.50. The number of nitrogens with one attached hydrogen (secondary N) is 1. The van der Waals surface area contributed by atoms with Gasteiger partial charge in [-0.3, -0.25) is 0 Å². The van der Waals surface area contributed by atoms with E-state index in [9.17, 15) is 5.11 Å². The lowest BCUT2D eigenvalue weighted by atomic mass is 9.80. The average molecular weight is 247 g/mol. The van der Waals surface area contributed by atoms with Crippen LogP contribution in [0.2, 0.25) is 0 Å². The number of benzene rings is 1. The van der Waals surface area contributed by atoms with E-state index in [-0.39, 0.29) is 0 Å². The molecule has 2 rings (SSSR count). The minimum absolute atomic E-state index is 0.409. The molecular formula is C16H25NO. The Hall–Kier alpha value is -0.860. The lowest BCUT2D eigenvalue weighted by Gasteiger charge is -2.37. The Morgan fingerprint density at radius 1 is 1.28 bits per heavy atom. The monoisotopic (exact) mass is 247 g/mol. The molecule has 0 saturated heterocycles. The molecule has 1 saturated carbocycles. The van der Waals surface area contributed by atoms with Crippen molar-refractivity contribution in [3.8, 4) is 0 Å². The highest BCUT2D eigenvalue weighted by Crippen LogP contribution is 2.30. The van der Waals surface area contributed by atoms with Gasteiger partial charge >= 0.3 is 0 Å². The second-order valence-corrected chi connectivity index (χ2v) is 5.61. The van der Waals surface area contributed by atoms with E-state index < -0.39 is 5.60 Å². The zero-order chi connectivity index (χ0) is 12.8. The second kappa shape index (κ2) is 6.35. The lowest BCUT2D eigenvalue weighted by Crippen LogP contribution is -2.47. The Bertz CT molecular complexity index is 345. The third-order valence-electron chi connectivity index (χ3n) is 4.04. The first-order chi connectivity index (χ1) is 8.73. The Kier molecular flexibility index (Phi) is 4.79. The van der Waals surface area contributed by atoms with Crippen molar-refractivity contribution in [1.29, 1.82) is 0 Å². The first-order valence-corrected chi connectivity index (χ1v) is 7.21. The molecule has 1 fully saturated rings. The van der Waals surface area contributed by atoms with Gasteiger partial charge in [-0.25, -0.2) is 0 Å². The molecule has 0 radical (unpaired) electrons. The largest absolute Gasteiger partial charge is 0.389 e. The SMILES string of the molecule is CCCC(CNCC1(O)CCC1)c1ccccc1. The predicted molar refractivity (Wildman–Crippen MR) is 75.8 cm³/mol. The fourth-order valence-corrected chi connectivity index (χ4v) is 2.70. The van der Waals surface area contributed by atoms with Gasteiger partial charge < -0.3 is 10.4 Å². The summed E-state index contributed by atoms with van der Waals surface area (Å²) in [4.78, 5) is 0. The van der Waals surface area contributed by atoms with Crippen molar-refractivity contribution in [2.75, 3.05) is 13.1 Å². The van der Waals surface area contributed by atoms with Crippen LogP contribution in [-0.2, 0) is 0 Å². The predicted octanol–water partition coefficient (Wildman–Crippen LogP) is 3.07.